The molecule has 1 N–H and O–H groups in total. The number of benzene rings is 1. The molecule has 130 valence electrons. The summed E-state index contributed by atoms with van der Waals surface area (Å²) in [6.45, 7) is 0.757. The zero-order valence-corrected chi connectivity index (χ0v) is 13.3. The van der Waals surface area contributed by atoms with E-state index in [1.807, 2.05) is 35.6 Å². The van der Waals surface area contributed by atoms with Gasteiger partial charge in [-0.1, -0.05) is 30.3 Å². The molecule has 1 atom stereocenters. The number of carbonyl (C=O) groups excluding carboxylic acids is 2. The van der Waals surface area contributed by atoms with Crippen molar-refractivity contribution in [2.75, 3.05) is 13.1 Å². The molecule has 0 aliphatic carbocycles. The first-order valence-corrected chi connectivity index (χ1v) is 7.67. The van der Waals surface area contributed by atoms with Crippen LogP contribution in [0.4, 0.5) is 13.2 Å². The first-order chi connectivity index (χ1) is 11.3. The second kappa shape index (κ2) is 7.51. The van der Waals surface area contributed by atoms with Crippen LogP contribution in [-0.2, 0) is 9.59 Å². The highest BCUT2D eigenvalue weighted by Crippen LogP contribution is 2.21. The van der Waals surface area contributed by atoms with Gasteiger partial charge in [0, 0.05) is 12.6 Å². The predicted octanol–water partition coefficient (Wildman–Crippen LogP) is 2.76. The van der Waals surface area contributed by atoms with Gasteiger partial charge in [-0.15, -0.1) is 0 Å². The van der Waals surface area contributed by atoms with Gasteiger partial charge in [-0.2, -0.15) is 13.2 Å². The number of carbonyl (C=O) groups is 2. The fourth-order valence-corrected chi connectivity index (χ4v) is 2.66. The van der Waals surface area contributed by atoms with Crippen molar-refractivity contribution < 1.29 is 22.8 Å². The van der Waals surface area contributed by atoms with Crippen LogP contribution in [0.1, 0.15) is 25.3 Å². The van der Waals surface area contributed by atoms with Gasteiger partial charge in [-0.3, -0.25) is 9.59 Å². The number of hydrogen-bond acceptors (Lipinski definition) is 2. The van der Waals surface area contributed by atoms with Crippen LogP contribution in [0.2, 0.25) is 0 Å². The van der Waals surface area contributed by atoms with E-state index in [1.165, 1.54) is 11.0 Å². The first-order valence-electron chi connectivity index (χ1n) is 7.67. The molecule has 1 aromatic rings. The third-order valence-electron chi connectivity index (χ3n) is 3.87. The van der Waals surface area contributed by atoms with Crippen LogP contribution >= 0.6 is 0 Å². The minimum absolute atomic E-state index is 0.360. The van der Waals surface area contributed by atoms with Crippen LogP contribution in [0, 0.1) is 0 Å². The van der Waals surface area contributed by atoms with Gasteiger partial charge in [-0.05, 0) is 30.9 Å². The van der Waals surface area contributed by atoms with Gasteiger partial charge < -0.3 is 10.2 Å². The number of nitrogens with zero attached hydrogens (tertiary/aromatic N) is 1. The summed E-state index contributed by atoms with van der Waals surface area (Å²) in [4.78, 5) is 25.7. The van der Waals surface area contributed by atoms with E-state index in [0.29, 0.717) is 19.4 Å². The fraction of sp³-hybridized carbons (Fsp3) is 0.412. The number of likely N-dealkylation sites (tertiary alicyclic amines) is 1. The Balaban J connectivity index is 2.04. The minimum Gasteiger partial charge on any atom is -0.345 e. The van der Waals surface area contributed by atoms with Gasteiger partial charge in [0.15, 0.2) is 0 Å². The number of hydrogen-bond donors (Lipinski definition) is 1. The number of halogens is 3. The fourth-order valence-electron chi connectivity index (χ4n) is 2.66. The molecule has 0 saturated carbocycles. The molecule has 1 fully saturated rings. The third kappa shape index (κ3) is 4.84. The van der Waals surface area contributed by atoms with E-state index < -0.39 is 24.7 Å². The topological polar surface area (TPSA) is 49.4 Å². The van der Waals surface area contributed by atoms with Crippen molar-refractivity contribution in [2.24, 2.45) is 0 Å². The molecule has 0 bridgehead atoms. The Hall–Kier alpha value is -2.31. The van der Waals surface area contributed by atoms with Crippen LogP contribution in [0.5, 0.6) is 0 Å². The van der Waals surface area contributed by atoms with Crippen molar-refractivity contribution in [3.8, 4) is 0 Å². The van der Waals surface area contributed by atoms with Gasteiger partial charge in [0.25, 0.3) is 0 Å². The highest BCUT2D eigenvalue weighted by atomic mass is 19.4. The molecule has 24 heavy (non-hydrogen) atoms. The molecule has 0 radical (unpaired) electrons. The largest absolute Gasteiger partial charge is 0.405 e. The zero-order chi connectivity index (χ0) is 17.7. The maximum absolute atomic E-state index is 12.4. The van der Waals surface area contributed by atoms with Gasteiger partial charge >= 0.3 is 6.18 Å². The van der Waals surface area contributed by atoms with Gasteiger partial charge in [0.2, 0.25) is 11.8 Å². The van der Waals surface area contributed by atoms with E-state index in [4.69, 9.17) is 0 Å². The molecule has 1 saturated heterocycles. The van der Waals surface area contributed by atoms with E-state index in [9.17, 15) is 22.8 Å². The quantitative estimate of drug-likeness (QED) is 0.857. The van der Waals surface area contributed by atoms with Crippen LogP contribution < -0.4 is 5.32 Å². The molecular formula is C17H19F3N2O2. The van der Waals surface area contributed by atoms with E-state index in [0.717, 1.165) is 11.1 Å². The van der Waals surface area contributed by atoms with Crippen LogP contribution in [-0.4, -0.2) is 42.0 Å². The highest BCUT2D eigenvalue weighted by molar-refractivity contribution is 5.98. The van der Waals surface area contributed by atoms with Gasteiger partial charge in [0.05, 0.1) is 0 Å². The summed E-state index contributed by atoms with van der Waals surface area (Å²) in [5, 5.41) is 1.86. The summed E-state index contributed by atoms with van der Waals surface area (Å²) in [7, 11) is 0. The first kappa shape index (κ1) is 18.0. The van der Waals surface area contributed by atoms with Crippen LogP contribution in [0.3, 0.4) is 0 Å². The average molecular weight is 340 g/mol. The third-order valence-corrected chi connectivity index (χ3v) is 3.87. The highest BCUT2D eigenvalue weighted by Gasteiger charge is 2.35. The number of allylic oxidation sites excluding steroid dienone is 1. The molecule has 1 aliphatic heterocycles. The smallest absolute Gasteiger partial charge is 0.345 e. The lowest BCUT2D eigenvalue weighted by Crippen LogP contribution is -2.47. The summed E-state index contributed by atoms with van der Waals surface area (Å²) in [6.07, 6.45) is -2.08. The summed E-state index contributed by atoms with van der Waals surface area (Å²) >= 11 is 0. The van der Waals surface area contributed by atoms with E-state index in [2.05, 4.69) is 0 Å². The Morgan fingerprint density at radius 3 is 2.58 bits per heavy atom. The van der Waals surface area contributed by atoms with Crippen LogP contribution in [0.15, 0.2) is 36.4 Å². The summed E-state index contributed by atoms with van der Waals surface area (Å²) in [6, 6.07) is 8.42. The summed E-state index contributed by atoms with van der Waals surface area (Å²) < 4.78 is 36.6. The van der Waals surface area contributed by atoms with Crippen molar-refractivity contribution in [3.63, 3.8) is 0 Å². The van der Waals surface area contributed by atoms with Gasteiger partial charge in [0.1, 0.15) is 12.6 Å². The maximum atomic E-state index is 12.4. The van der Waals surface area contributed by atoms with Crippen molar-refractivity contribution in [2.45, 2.75) is 32.0 Å². The van der Waals surface area contributed by atoms with E-state index >= 15 is 0 Å². The lowest BCUT2D eigenvalue weighted by molar-refractivity contribution is -0.143. The summed E-state index contributed by atoms with van der Waals surface area (Å²) in [5.41, 5.74) is 1.62. The number of alkyl halides is 3. The molecule has 2 amide bonds. The molecular weight excluding hydrogens is 321 g/mol. The Labute approximate surface area is 138 Å². The molecule has 0 spiro atoms. The molecule has 4 nitrogen and oxygen atoms in total. The second-order valence-electron chi connectivity index (χ2n) is 5.72. The molecule has 1 aromatic carbocycles. The molecule has 1 heterocycles. The maximum Gasteiger partial charge on any atom is 0.405 e. The Bertz CT molecular complexity index is 626. The molecule has 0 aromatic heterocycles. The Morgan fingerprint density at radius 2 is 1.96 bits per heavy atom. The summed E-state index contributed by atoms with van der Waals surface area (Å²) in [5.74, 6) is -1.12. The average Bonchev–Trinajstić information content (AvgIpc) is 3.02. The number of rotatable bonds is 4. The Morgan fingerprint density at radius 1 is 1.29 bits per heavy atom. The second-order valence-corrected chi connectivity index (χ2v) is 5.72. The lowest BCUT2D eigenvalue weighted by atomic mass is 10.1. The Kier molecular flexibility index (Phi) is 5.64. The lowest BCUT2D eigenvalue weighted by Gasteiger charge is -2.23. The molecule has 2 rings (SSSR count). The van der Waals surface area contributed by atoms with E-state index in [1.54, 1.807) is 6.92 Å². The predicted molar refractivity (Wildman–Crippen MR) is 83.9 cm³/mol. The zero-order valence-electron chi connectivity index (χ0n) is 13.3. The monoisotopic (exact) mass is 340 g/mol. The normalized spacial score (nSPS) is 18.6. The SMILES string of the molecule is C/C(=C\C(=O)N1CCCC1C(=O)NCC(F)(F)F)c1ccccc1. The minimum atomic E-state index is -4.47. The molecule has 7 heteroatoms. The van der Waals surface area contributed by atoms with E-state index in [-0.39, 0.29) is 5.91 Å². The number of amides is 2. The van der Waals surface area contributed by atoms with Crippen molar-refractivity contribution in [1.29, 1.82) is 0 Å². The number of nitrogens with one attached hydrogen (secondary N) is 1. The standard InChI is InChI=1S/C17H19F3N2O2/c1-12(13-6-3-2-4-7-13)10-15(23)22-9-5-8-14(22)16(24)21-11-17(18,19)20/h2-4,6-7,10,14H,5,8-9,11H2,1H3,(H,21,24)/b12-10+. The van der Waals surface area contributed by atoms with Crippen molar-refractivity contribution >= 4 is 17.4 Å². The molecule has 1 aliphatic rings. The molecule has 1 unspecified atom stereocenters. The van der Waals surface area contributed by atoms with Gasteiger partial charge in [-0.25, -0.2) is 0 Å². The van der Waals surface area contributed by atoms with Crippen molar-refractivity contribution in [3.05, 3.63) is 42.0 Å². The van der Waals surface area contributed by atoms with Crippen molar-refractivity contribution in [1.82, 2.24) is 10.2 Å². The van der Waals surface area contributed by atoms with Crippen LogP contribution in [0.25, 0.3) is 5.57 Å².